The molecule has 2 aliphatic heterocycles. The van der Waals surface area contributed by atoms with Crippen LogP contribution in [0.1, 0.15) is 86.5 Å². The van der Waals surface area contributed by atoms with E-state index in [0.29, 0.717) is 19.4 Å². The quantitative estimate of drug-likeness (QED) is 0.343. The molecule has 186 valence electrons. The van der Waals surface area contributed by atoms with Gasteiger partial charge in [-0.2, -0.15) is 0 Å². The molecule has 4 amide bonds. The van der Waals surface area contributed by atoms with Gasteiger partial charge < -0.3 is 0 Å². The van der Waals surface area contributed by atoms with E-state index in [1.54, 1.807) is 13.8 Å². The zero-order valence-electron chi connectivity index (χ0n) is 21.0. The van der Waals surface area contributed by atoms with Gasteiger partial charge in [0.1, 0.15) is 11.6 Å². The molecule has 0 aromatic carbocycles. The Balaban J connectivity index is 0.000000335. The first-order valence-corrected chi connectivity index (χ1v) is 12.1. The minimum Gasteiger partial charge on any atom is -0.299 e. The Kier molecular flexibility index (Phi) is 11.6. The average Bonchev–Trinajstić information content (AvgIpc) is 3.13. The van der Waals surface area contributed by atoms with E-state index in [9.17, 15) is 28.8 Å². The lowest BCUT2D eigenvalue weighted by Gasteiger charge is -2.14. The molecule has 0 spiro atoms. The molecule has 8 nitrogen and oxygen atoms in total. The van der Waals surface area contributed by atoms with Gasteiger partial charge in [-0.25, -0.2) is 0 Å². The van der Waals surface area contributed by atoms with Crippen LogP contribution in [0, 0.1) is 23.7 Å². The van der Waals surface area contributed by atoms with Gasteiger partial charge >= 0.3 is 0 Å². The predicted octanol–water partition coefficient (Wildman–Crippen LogP) is 3.16. The molecule has 2 saturated heterocycles. The molecule has 0 saturated carbocycles. The third-order valence-corrected chi connectivity index (χ3v) is 6.11. The van der Waals surface area contributed by atoms with E-state index < -0.39 is 0 Å². The maximum atomic E-state index is 11.6. The topological polar surface area (TPSA) is 109 Å². The van der Waals surface area contributed by atoms with Gasteiger partial charge in [0, 0.05) is 62.4 Å². The molecule has 0 aliphatic carbocycles. The van der Waals surface area contributed by atoms with Crippen LogP contribution in [0.4, 0.5) is 0 Å². The fourth-order valence-electron chi connectivity index (χ4n) is 3.71. The van der Waals surface area contributed by atoms with Gasteiger partial charge in [0.2, 0.25) is 23.6 Å². The number of hydrogen-bond donors (Lipinski definition) is 0. The van der Waals surface area contributed by atoms with Crippen LogP contribution in [0.15, 0.2) is 0 Å². The van der Waals surface area contributed by atoms with Crippen LogP contribution >= 0.6 is 0 Å². The van der Waals surface area contributed by atoms with Gasteiger partial charge in [0.05, 0.1) is 0 Å². The maximum Gasteiger partial charge on any atom is 0.232 e. The summed E-state index contributed by atoms with van der Waals surface area (Å²) >= 11 is 0. The van der Waals surface area contributed by atoms with Crippen molar-refractivity contribution in [1.29, 1.82) is 0 Å². The Bertz CT molecular complexity index is 758. The van der Waals surface area contributed by atoms with Crippen molar-refractivity contribution in [3.8, 4) is 0 Å². The van der Waals surface area contributed by atoms with Gasteiger partial charge in [0.25, 0.3) is 0 Å². The summed E-state index contributed by atoms with van der Waals surface area (Å²) in [6, 6.07) is 0. The summed E-state index contributed by atoms with van der Waals surface area (Å²) in [5, 5.41) is 0. The molecular weight excluding hydrogens is 424 g/mol. The fourth-order valence-corrected chi connectivity index (χ4v) is 3.71. The van der Waals surface area contributed by atoms with Crippen molar-refractivity contribution in [2.24, 2.45) is 23.7 Å². The van der Waals surface area contributed by atoms with E-state index in [1.165, 1.54) is 9.80 Å². The van der Waals surface area contributed by atoms with Gasteiger partial charge in [-0.15, -0.1) is 0 Å². The summed E-state index contributed by atoms with van der Waals surface area (Å²) in [6.45, 7) is 11.7. The molecular formula is C25H40N2O6. The Morgan fingerprint density at radius 3 is 1.52 bits per heavy atom. The third kappa shape index (κ3) is 8.82. The summed E-state index contributed by atoms with van der Waals surface area (Å²) in [5.74, 6) is -0.300. The third-order valence-electron chi connectivity index (χ3n) is 6.11. The number of carbonyl (C=O) groups is 6. The van der Waals surface area contributed by atoms with E-state index in [-0.39, 0.29) is 78.3 Å². The van der Waals surface area contributed by atoms with E-state index in [4.69, 9.17) is 0 Å². The molecule has 0 bridgehead atoms. The van der Waals surface area contributed by atoms with Crippen LogP contribution in [0.25, 0.3) is 0 Å². The Hall–Kier alpha value is -2.38. The number of nitrogens with zero attached hydrogens (tertiary/aromatic N) is 2. The summed E-state index contributed by atoms with van der Waals surface area (Å²) < 4.78 is 0. The maximum absolute atomic E-state index is 11.6. The molecule has 0 aromatic rings. The largest absolute Gasteiger partial charge is 0.299 e. The highest BCUT2D eigenvalue weighted by Gasteiger charge is 2.36. The number of rotatable bonds is 11. The lowest BCUT2D eigenvalue weighted by molar-refractivity contribution is -0.141. The molecule has 2 fully saturated rings. The highest BCUT2D eigenvalue weighted by molar-refractivity contribution is 6.04. The van der Waals surface area contributed by atoms with E-state index >= 15 is 0 Å². The second-order valence-electron chi connectivity index (χ2n) is 9.78. The van der Waals surface area contributed by atoms with Crippen LogP contribution in [0.2, 0.25) is 0 Å². The first-order chi connectivity index (χ1) is 15.4. The SMILES string of the molecule is CC(C)C(=O)CCCCCN1C(=O)CC(C)C1=O.CC(C)C(=O)CCN1C(=O)CC(C)C1=O. The first-order valence-electron chi connectivity index (χ1n) is 12.1. The number of unbranched alkanes of at least 4 members (excludes halogenated alkanes) is 2. The van der Waals surface area contributed by atoms with Crippen molar-refractivity contribution in [2.45, 2.75) is 86.5 Å². The van der Waals surface area contributed by atoms with E-state index in [0.717, 1.165) is 19.3 Å². The molecule has 0 aromatic heterocycles. The highest BCUT2D eigenvalue weighted by atomic mass is 16.2. The van der Waals surface area contributed by atoms with Crippen molar-refractivity contribution >= 4 is 35.2 Å². The molecule has 2 heterocycles. The number of ketones is 2. The fraction of sp³-hybridized carbons (Fsp3) is 0.760. The van der Waals surface area contributed by atoms with Crippen LogP contribution in [-0.4, -0.2) is 58.1 Å². The van der Waals surface area contributed by atoms with Crippen molar-refractivity contribution in [2.75, 3.05) is 13.1 Å². The van der Waals surface area contributed by atoms with Crippen LogP contribution < -0.4 is 0 Å². The minimum absolute atomic E-state index is 0.0322. The van der Waals surface area contributed by atoms with E-state index in [1.807, 2.05) is 27.7 Å². The molecule has 8 heteroatoms. The van der Waals surface area contributed by atoms with Gasteiger partial charge in [0.15, 0.2) is 0 Å². The monoisotopic (exact) mass is 464 g/mol. The van der Waals surface area contributed by atoms with Gasteiger partial charge in [-0.05, 0) is 12.8 Å². The minimum atomic E-state index is -0.216. The number of likely N-dealkylation sites (tertiary alicyclic amines) is 2. The second-order valence-corrected chi connectivity index (χ2v) is 9.78. The lowest BCUT2D eigenvalue weighted by atomic mass is 10.0. The molecule has 0 N–H and O–H groups in total. The zero-order chi connectivity index (χ0) is 25.3. The Morgan fingerprint density at radius 1 is 0.697 bits per heavy atom. The van der Waals surface area contributed by atoms with Gasteiger partial charge in [-0.1, -0.05) is 48.0 Å². The van der Waals surface area contributed by atoms with Crippen molar-refractivity contribution in [3.63, 3.8) is 0 Å². The summed E-state index contributed by atoms with van der Waals surface area (Å²) in [6.07, 6.45) is 4.07. The highest BCUT2D eigenvalue weighted by Crippen LogP contribution is 2.20. The summed E-state index contributed by atoms with van der Waals surface area (Å²) in [4.78, 5) is 71.3. The average molecular weight is 465 g/mol. The predicted molar refractivity (Wildman–Crippen MR) is 124 cm³/mol. The van der Waals surface area contributed by atoms with Gasteiger partial charge in [-0.3, -0.25) is 38.6 Å². The van der Waals surface area contributed by atoms with Crippen molar-refractivity contribution in [3.05, 3.63) is 0 Å². The molecule has 0 radical (unpaired) electrons. The molecule has 2 unspecified atom stereocenters. The van der Waals surface area contributed by atoms with Crippen molar-refractivity contribution in [1.82, 2.24) is 9.80 Å². The van der Waals surface area contributed by atoms with Crippen LogP contribution in [0.5, 0.6) is 0 Å². The van der Waals surface area contributed by atoms with Crippen LogP contribution in [0.3, 0.4) is 0 Å². The number of carbonyl (C=O) groups excluding carboxylic acids is 6. The number of imide groups is 2. The zero-order valence-corrected chi connectivity index (χ0v) is 21.0. The summed E-state index contributed by atoms with van der Waals surface area (Å²) in [7, 11) is 0. The molecule has 2 aliphatic rings. The number of hydrogen-bond acceptors (Lipinski definition) is 6. The normalized spacial score (nSPS) is 20.7. The number of Topliss-reactive ketones (excluding diaryl/α,β-unsaturated/α-hetero) is 2. The number of amides is 4. The molecule has 33 heavy (non-hydrogen) atoms. The Morgan fingerprint density at radius 2 is 1.12 bits per heavy atom. The molecule has 2 rings (SSSR count). The smallest absolute Gasteiger partial charge is 0.232 e. The standard InChI is InChI=1S/C14H23NO3.C11H17NO3/c1-10(2)12(16)7-5-4-6-8-15-13(17)9-11(3)14(15)18;1-7(2)9(13)4-5-12-10(14)6-8(3)11(12)15/h10-11H,4-9H2,1-3H3;7-8H,4-6H2,1-3H3. The second kappa shape index (κ2) is 13.4. The van der Waals surface area contributed by atoms with E-state index in [2.05, 4.69) is 0 Å². The molecule has 2 atom stereocenters. The van der Waals surface area contributed by atoms with Crippen molar-refractivity contribution < 1.29 is 28.8 Å². The van der Waals surface area contributed by atoms with Crippen LogP contribution in [-0.2, 0) is 28.8 Å². The lowest BCUT2D eigenvalue weighted by Crippen LogP contribution is -2.32. The Labute approximate surface area is 197 Å². The first kappa shape index (κ1) is 28.7. The summed E-state index contributed by atoms with van der Waals surface area (Å²) in [5.41, 5.74) is 0.